The Morgan fingerprint density at radius 3 is 2.71 bits per heavy atom. The monoisotopic (exact) mass is 342 g/mol. The summed E-state index contributed by atoms with van der Waals surface area (Å²) in [5, 5.41) is 7.41. The Morgan fingerprint density at radius 1 is 1.25 bits per heavy atom. The average Bonchev–Trinajstić information content (AvgIpc) is 3.10. The van der Waals surface area contributed by atoms with E-state index in [0.717, 1.165) is 5.69 Å². The van der Waals surface area contributed by atoms with Crippen LogP contribution < -0.4 is 10.1 Å². The number of nitrogens with one attached hydrogen (secondary N) is 1. The average molecular weight is 343 g/mol. The number of benzene rings is 2. The van der Waals surface area contributed by atoms with Gasteiger partial charge in [-0.1, -0.05) is 17.7 Å². The quantitative estimate of drug-likeness (QED) is 0.772. The van der Waals surface area contributed by atoms with Crippen molar-refractivity contribution in [2.45, 2.75) is 13.0 Å². The van der Waals surface area contributed by atoms with Gasteiger partial charge >= 0.3 is 0 Å². The third-order valence-corrected chi connectivity index (χ3v) is 3.53. The molecule has 0 saturated carbocycles. The number of ether oxygens (including phenoxy) is 1. The van der Waals surface area contributed by atoms with Crippen LogP contribution in [0.25, 0.3) is 5.69 Å². The van der Waals surface area contributed by atoms with E-state index in [1.54, 1.807) is 54.3 Å². The van der Waals surface area contributed by atoms with E-state index in [-0.39, 0.29) is 5.91 Å². The Balaban J connectivity index is 1.61. The number of carbonyl (C=O) groups excluding carboxylic acids is 1. The van der Waals surface area contributed by atoms with Gasteiger partial charge in [-0.3, -0.25) is 4.79 Å². The SMILES string of the molecule is CC(Oc1cccc(Cl)c1)C(=O)Nc1ccc(-n2cncn2)cc1. The van der Waals surface area contributed by atoms with Gasteiger partial charge in [-0.2, -0.15) is 5.10 Å². The van der Waals surface area contributed by atoms with Crippen LogP contribution in [-0.2, 0) is 4.79 Å². The summed E-state index contributed by atoms with van der Waals surface area (Å²) in [6, 6.07) is 14.2. The van der Waals surface area contributed by atoms with Gasteiger partial charge in [-0.05, 0) is 49.4 Å². The van der Waals surface area contributed by atoms with Crippen LogP contribution in [0.4, 0.5) is 5.69 Å². The Morgan fingerprint density at radius 2 is 2.04 bits per heavy atom. The lowest BCUT2D eigenvalue weighted by Gasteiger charge is -2.15. The molecule has 122 valence electrons. The fraction of sp³-hybridized carbons (Fsp3) is 0.118. The number of nitrogens with zero attached hydrogens (tertiary/aromatic N) is 3. The molecule has 24 heavy (non-hydrogen) atoms. The van der Waals surface area contributed by atoms with E-state index >= 15 is 0 Å². The molecule has 1 unspecified atom stereocenters. The van der Waals surface area contributed by atoms with Gasteiger partial charge in [0.15, 0.2) is 6.10 Å². The van der Waals surface area contributed by atoms with E-state index in [2.05, 4.69) is 15.4 Å². The Bertz CT molecular complexity index is 819. The highest BCUT2D eigenvalue weighted by Crippen LogP contribution is 2.19. The molecule has 1 heterocycles. The molecule has 0 aliphatic carbocycles. The molecule has 0 spiro atoms. The lowest BCUT2D eigenvalue weighted by atomic mass is 10.2. The third kappa shape index (κ3) is 3.91. The smallest absolute Gasteiger partial charge is 0.265 e. The molecule has 3 aromatic rings. The number of rotatable bonds is 5. The van der Waals surface area contributed by atoms with Crippen LogP contribution in [0.3, 0.4) is 0 Å². The molecule has 7 heteroatoms. The van der Waals surface area contributed by atoms with E-state index < -0.39 is 6.10 Å². The molecule has 0 saturated heterocycles. The summed E-state index contributed by atoms with van der Waals surface area (Å²) in [5.41, 5.74) is 1.53. The van der Waals surface area contributed by atoms with E-state index in [9.17, 15) is 4.79 Å². The Hall–Kier alpha value is -2.86. The van der Waals surface area contributed by atoms with Crippen LogP contribution in [0.2, 0.25) is 5.02 Å². The van der Waals surface area contributed by atoms with Crippen LogP contribution in [-0.4, -0.2) is 26.8 Å². The minimum Gasteiger partial charge on any atom is -0.481 e. The van der Waals surface area contributed by atoms with Gasteiger partial charge in [-0.25, -0.2) is 9.67 Å². The van der Waals surface area contributed by atoms with Crippen LogP contribution in [0.1, 0.15) is 6.92 Å². The molecule has 1 N–H and O–H groups in total. The predicted octanol–water partition coefficient (Wildman–Crippen LogP) is 3.33. The minimum absolute atomic E-state index is 0.247. The van der Waals surface area contributed by atoms with Crippen LogP contribution in [0.15, 0.2) is 61.2 Å². The van der Waals surface area contributed by atoms with Crippen LogP contribution in [0.5, 0.6) is 5.75 Å². The largest absolute Gasteiger partial charge is 0.481 e. The fourth-order valence-electron chi connectivity index (χ4n) is 2.08. The van der Waals surface area contributed by atoms with E-state index in [1.165, 1.54) is 6.33 Å². The van der Waals surface area contributed by atoms with Crippen molar-refractivity contribution in [2.24, 2.45) is 0 Å². The van der Waals surface area contributed by atoms with Crippen molar-refractivity contribution in [1.82, 2.24) is 14.8 Å². The molecule has 6 nitrogen and oxygen atoms in total. The van der Waals surface area contributed by atoms with Gasteiger partial charge in [0, 0.05) is 10.7 Å². The minimum atomic E-state index is -0.654. The first-order chi connectivity index (χ1) is 11.6. The van der Waals surface area contributed by atoms with E-state index in [1.807, 2.05) is 12.1 Å². The van der Waals surface area contributed by atoms with Crippen LogP contribution >= 0.6 is 11.6 Å². The van der Waals surface area contributed by atoms with Crippen molar-refractivity contribution in [3.63, 3.8) is 0 Å². The molecule has 0 aliphatic rings. The van der Waals surface area contributed by atoms with Gasteiger partial charge in [0.1, 0.15) is 18.4 Å². The molecule has 3 rings (SSSR count). The summed E-state index contributed by atoms with van der Waals surface area (Å²) in [5.74, 6) is 0.301. The van der Waals surface area contributed by atoms with Crippen molar-refractivity contribution in [2.75, 3.05) is 5.32 Å². The van der Waals surface area contributed by atoms with Crippen molar-refractivity contribution in [3.05, 3.63) is 66.2 Å². The molecule has 0 bridgehead atoms. The Labute approximate surface area is 144 Å². The number of carbonyl (C=O) groups is 1. The van der Waals surface area contributed by atoms with Gasteiger partial charge in [0.2, 0.25) is 0 Å². The number of aromatic nitrogens is 3. The van der Waals surface area contributed by atoms with Gasteiger partial charge in [0.25, 0.3) is 5.91 Å². The highest BCUT2D eigenvalue weighted by atomic mass is 35.5. The number of anilines is 1. The fourth-order valence-corrected chi connectivity index (χ4v) is 2.26. The summed E-state index contributed by atoms with van der Waals surface area (Å²) >= 11 is 5.90. The second-order valence-electron chi connectivity index (χ2n) is 5.09. The second kappa shape index (κ2) is 7.14. The number of hydrogen-bond donors (Lipinski definition) is 1. The maximum atomic E-state index is 12.2. The summed E-state index contributed by atoms with van der Waals surface area (Å²) in [7, 11) is 0. The topological polar surface area (TPSA) is 69.0 Å². The molecular formula is C17H15ClN4O2. The third-order valence-electron chi connectivity index (χ3n) is 3.30. The number of hydrogen-bond acceptors (Lipinski definition) is 4. The Kier molecular flexibility index (Phi) is 4.77. The van der Waals surface area contributed by atoms with E-state index in [4.69, 9.17) is 16.3 Å². The molecule has 0 aliphatic heterocycles. The molecule has 1 aromatic heterocycles. The van der Waals surface area contributed by atoms with Crippen molar-refractivity contribution >= 4 is 23.2 Å². The summed E-state index contributed by atoms with van der Waals surface area (Å²) < 4.78 is 7.23. The molecule has 0 fully saturated rings. The zero-order chi connectivity index (χ0) is 16.9. The number of amides is 1. The summed E-state index contributed by atoms with van der Waals surface area (Å²) in [6.07, 6.45) is 2.41. The molecule has 1 amide bonds. The van der Waals surface area contributed by atoms with Crippen LogP contribution in [0, 0.1) is 0 Å². The predicted molar refractivity (Wildman–Crippen MR) is 91.5 cm³/mol. The zero-order valence-corrected chi connectivity index (χ0v) is 13.6. The number of halogens is 1. The first kappa shape index (κ1) is 16.0. The van der Waals surface area contributed by atoms with Crippen molar-refractivity contribution in [3.8, 4) is 11.4 Å². The summed E-state index contributed by atoms with van der Waals surface area (Å²) in [4.78, 5) is 16.1. The van der Waals surface area contributed by atoms with Gasteiger partial charge < -0.3 is 10.1 Å². The van der Waals surface area contributed by atoms with Gasteiger partial charge in [0.05, 0.1) is 5.69 Å². The lowest BCUT2D eigenvalue weighted by Crippen LogP contribution is -2.30. The van der Waals surface area contributed by atoms with Crippen molar-refractivity contribution < 1.29 is 9.53 Å². The lowest BCUT2D eigenvalue weighted by molar-refractivity contribution is -0.122. The maximum absolute atomic E-state index is 12.2. The summed E-state index contributed by atoms with van der Waals surface area (Å²) in [6.45, 7) is 1.68. The highest BCUT2D eigenvalue weighted by molar-refractivity contribution is 6.30. The van der Waals surface area contributed by atoms with Crippen molar-refractivity contribution in [1.29, 1.82) is 0 Å². The second-order valence-corrected chi connectivity index (χ2v) is 5.53. The highest BCUT2D eigenvalue weighted by Gasteiger charge is 2.15. The first-order valence-electron chi connectivity index (χ1n) is 7.30. The molecular weight excluding hydrogens is 328 g/mol. The normalized spacial score (nSPS) is 11.8. The zero-order valence-electron chi connectivity index (χ0n) is 12.9. The van der Waals surface area contributed by atoms with Gasteiger partial charge in [-0.15, -0.1) is 0 Å². The standard InChI is InChI=1S/C17H15ClN4O2/c1-12(24-16-4-2-3-13(18)9-16)17(23)21-14-5-7-15(8-6-14)22-11-19-10-20-22/h2-12H,1H3,(H,21,23). The maximum Gasteiger partial charge on any atom is 0.265 e. The van der Waals surface area contributed by atoms with E-state index in [0.29, 0.717) is 16.5 Å². The molecule has 2 aromatic carbocycles. The molecule has 0 radical (unpaired) electrons. The molecule has 1 atom stereocenters. The first-order valence-corrected chi connectivity index (χ1v) is 7.68.